The Bertz CT molecular complexity index is 392. The number of rotatable bonds is 2. The second kappa shape index (κ2) is 4.53. The summed E-state index contributed by atoms with van der Waals surface area (Å²) in [6.45, 7) is 3.74. The van der Waals surface area contributed by atoms with E-state index < -0.39 is 0 Å². The van der Waals surface area contributed by atoms with E-state index in [1.807, 2.05) is 18.2 Å². The maximum Gasteiger partial charge on any atom is 0.239 e. The van der Waals surface area contributed by atoms with Crippen molar-refractivity contribution in [2.45, 2.75) is 13.0 Å². The Kier molecular flexibility index (Phi) is 3.10. The average Bonchev–Trinajstić information content (AvgIpc) is 2.28. The van der Waals surface area contributed by atoms with Crippen molar-refractivity contribution in [3.05, 3.63) is 29.8 Å². The molecular weight excluding hydrogens is 202 g/mol. The Labute approximate surface area is 95.4 Å². The lowest BCUT2D eigenvalue weighted by atomic mass is 10.1. The molecule has 1 aliphatic heterocycles. The summed E-state index contributed by atoms with van der Waals surface area (Å²) >= 11 is 0. The van der Waals surface area contributed by atoms with Crippen LogP contribution in [0.3, 0.4) is 0 Å². The van der Waals surface area contributed by atoms with Crippen LogP contribution in [0.5, 0.6) is 0 Å². The number of amides is 1. The van der Waals surface area contributed by atoms with Crippen molar-refractivity contribution in [3.8, 4) is 0 Å². The van der Waals surface area contributed by atoms with Gasteiger partial charge in [0.05, 0.1) is 12.6 Å². The normalized spacial score (nSPS) is 20.8. The zero-order valence-electron chi connectivity index (χ0n) is 9.44. The van der Waals surface area contributed by atoms with Gasteiger partial charge in [0, 0.05) is 18.8 Å². The first-order valence-electron chi connectivity index (χ1n) is 5.50. The maximum absolute atomic E-state index is 11.5. The smallest absolute Gasteiger partial charge is 0.239 e. The molecule has 4 nitrogen and oxygen atoms in total. The molecule has 1 amide bonds. The molecule has 1 aromatic carbocycles. The third-order valence-electron chi connectivity index (χ3n) is 2.88. The molecule has 0 aromatic heterocycles. The number of aryl methyl sites for hydroxylation is 1. The van der Waals surface area contributed by atoms with Crippen LogP contribution in [0.1, 0.15) is 5.56 Å². The number of piperazine rings is 1. The summed E-state index contributed by atoms with van der Waals surface area (Å²) in [7, 11) is 0. The highest BCUT2D eigenvalue weighted by atomic mass is 16.2. The molecule has 86 valence electrons. The SMILES string of the molecule is Cc1ccccc1N1CC(=O)NC(CN)C1. The van der Waals surface area contributed by atoms with Crippen LogP contribution < -0.4 is 16.0 Å². The Hall–Kier alpha value is -1.55. The number of anilines is 1. The summed E-state index contributed by atoms with van der Waals surface area (Å²) in [6, 6.07) is 8.15. The molecule has 1 saturated heterocycles. The summed E-state index contributed by atoms with van der Waals surface area (Å²) in [4.78, 5) is 13.6. The first-order chi connectivity index (χ1) is 7.70. The van der Waals surface area contributed by atoms with Gasteiger partial charge < -0.3 is 16.0 Å². The van der Waals surface area contributed by atoms with Crippen LogP contribution in [-0.2, 0) is 4.79 Å². The van der Waals surface area contributed by atoms with E-state index in [4.69, 9.17) is 5.73 Å². The molecule has 16 heavy (non-hydrogen) atoms. The molecule has 0 aliphatic carbocycles. The van der Waals surface area contributed by atoms with Gasteiger partial charge in [0.1, 0.15) is 0 Å². The molecule has 2 rings (SSSR count). The number of hydrogen-bond acceptors (Lipinski definition) is 3. The highest BCUT2D eigenvalue weighted by molar-refractivity contribution is 5.83. The zero-order valence-corrected chi connectivity index (χ0v) is 9.44. The maximum atomic E-state index is 11.5. The van der Waals surface area contributed by atoms with Gasteiger partial charge in [-0.05, 0) is 18.6 Å². The Morgan fingerprint density at radius 3 is 2.94 bits per heavy atom. The second-order valence-electron chi connectivity index (χ2n) is 4.17. The van der Waals surface area contributed by atoms with E-state index in [0.717, 1.165) is 12.2 Å². The minimum atomic E-state index is 0.0463. The number of nitrogens with one attached hydrogen (secondary N) is 1. The summed E-state index contributed by atoms with van der Waals surface area (Å²) in [5.41, 5.74) is 7.91. The molecule has 0 bridgehead atoms. The van der Waals surface area contributed by atoms with E-state index in [1.54, 1.807) is 0 Å². The van der Waals surface area contributed by atoms with Crippen LogP contribution in [0.15, 0.2) is 24.3 Å². The van der Waals surface area contributed by atoms with Crippen molar-refractivity contribution in [2.24, 2.45) is 5.73 Å². The fourth-order valence-corrected chi connectivity index (χ4v) is 2.06. The first kappa shape index (κ1) is 11.0. The van der Waals surface area contributed by atoms with E-state index in [9.17, 15) is 4.79 Å². The topological polar surface area (TPSA) is 58.4 Å². The van der Waals surface area contributed by atoms with Crippen molar-refractivity contribution in [2.75, 3.05) is 24.5 Å². The molecule has 1 heterocycles. The minimum Gasteiger partial charge on any atom is -0.360 e. The van der Waals surface area contributed by atoms with Crippen LogP contribution in [0, 0.1) is 6.92 Å². The van der Waals surface area contributed by atoms with Gasteiger partial charge in [0.25, 0.3) is 0 Å². The highest BCUT2D eigenvalue weighted by Crippen LogP contribution is 2.20. The van der Waals surface area contributed by atoms with Crippen molar-refractivity contribution < 1.29 is 4.79 Å². The highest BCUT2D eigenvalue weighted by Gasteiger charge is 2.24. The summed E-state index contributed by atoms with van der Waals surface area (Å²) in [5.74, 6) is 0.0463. The van der Waals surface area contributed by atoms with E-state index in [1.165, 1.54) is 5.56 Å². The quantitative estimate of drug-likeness (QED) is 0.750. The van der Waals surface area contributed by atoms with Gasteiger partial charge in [0.15, 0.2) is 0 Å². The van der Waals surface area contributed by atoms with Crippen molar-refractivity contribution >= 4 is 11.6 Å². The molecule has 1 unspecified atom stereocenters. The number of hydrogen-bond donors (Lipinski definition) is 2. The zero-order chi connectivity index (χ0) is 11.5. The molecule has 1 fully saturated rings. The third-order valence-corrected chi connectivity index (χ3v) is 2.88. The van der Waals surface area contributed by atoms with Gasteiger partial charge in [0.2, 0.25) is 5.91 Å². The minimum absolute atomic E-state index is 0.0463. The Morgan fingerprint density at radius 2 is 2.25 bits per heavy atom. The molecule has 1 aromatic rings. The van der Waals surface area contributed by atoms with Crippen LogP contribution in [0.4, 0.5) is 5.69 Å². The molecule has 4 heteroatoms. The van der Waals surface area contributed by atoms with E-state index in [0.29, 0.717) is 13.1 Å². The molecule has 1 atom stereocenters. The van der Waals surface area contributed by atoms with Gasteiger partial charge in [-0.15, -0.1) is 0 Å². The van der Waals surface area contributed by atoms with Gasteiger partial charge in [-0.1, -0.05) is 18.2 Å². The molecule has 1 aliphatic rings. The lowest BCUT2D eigenvalue weighted by Crippen LogP contribution is -2.57. The van der Waals surface area contributed by atoms with Crippen LogP contribution in [-0.4, -0.2) is 31.6 Å². The summed E-state index contributed by atoms with van der Waals surface area (Å²) < 4.78 is 0. The van der Waals surface area contributed by atoms with Crippen molar-refractivity contribution in [3.63, 3.8) is 0 Å². The molecular formula is C12H17N3O. The van der Waals surface area contributed by atoms with Gasteiger partial charge in [-0.2, -0.15) is 0 Å². The number of carbonyl (C=O) groups is 1. The van der Waals surface area contributed by atoms with Crippen LogP contribution in [0.25, 0.3) is 0 Å². The first-order valence-corrected chi connectivity index (χ1v) is 5.50. The van der Waals surface area contributed by atoms with Gasteiger partial charge in [-0.25, -0.2) is 0 Å². The summed E-state index contributed by atoms with van der Waals surface area (Å²) in [6.07, 6.45) is 0. The van der Waals surface area contributed by atoms with Gasteiger partial charge in [-0.3, -0.25) is 4.79 Å². The lowest BCUT2D eigenvalue weighted by Gasteiger charge is -2.34. The fraction of sp³-hybridized carbons (Fsp3) is 0.417. The van der Waals surface area contributed by atoms with E-state index in [2.05, 4.69) is 23.2 Å². The Morgan fingerprint density at radius 1 is 1.50 bits per heavy atom. The van der Waals surface area contributed by atoms with Gasteiger partial charge >= 0.3 is 0 Å². The van der Waals surface area contributed by atoms with E-state index >= 15 is 0 Å². The van der Waals surface area contributed by atoms with Crippen LogP contribution >= 0.6 is 0 Å². The summed E-state index contributed by atoms with van der Waals surface area (Å²) in [5, 5.41) is 2.88. The number of benzene rings is 1. The predicted molar refractivity (Wildman–Crippen MR) is 64.4 cm³/mol. The van der Waals surface area contributed by atoms with Crippen molar-refractivity contribution in [1.82, 2.24) is 5.32 Å². The third kappa shape index (κ3) is 2.17. The van der Waals surface area contributed by atoms with Crippen LogP contribution in [0.2, 0.25) is 0 Å². The average molecular weight is 219 g/mol. The Balaban J connectivity index is 2.21. The van der Waals surface area contributed by atoms with Crippen molar-refractivity contribution in [1.29, 1.82) is 0 Å². The largest absolute Gasteiger partial charge is 0.360 e. The predicted octanol–water partition coefficient (Wildman–Crippen LogP) is 0.259. The number of para-hydroxylation sites is 1. The fourth-order valence-electron chi connectivity index (χ4n) is 2.06. The molecule has 0 saturated carbocycles. The second-order valence-corrected chi connectivity index (χ2v) is 4.17. The monoisotopic (exact) mass is 219 g/mol. The number of nitrogens with zero attached hydrogens (tertiary/aromatic N) is 1. The van der Waals surface area contributed by atoms with E-state index in [-0.39, 0.29) is 11.9 Å². The standard InChI is InChI=1S/C12H17N3O/c1-9-4-2-3-5-11(9)15-7-10(6-13)14-12(16)8-15/h2-5,10H,6-8,13H2,1H3,(H,14,16). The molecule has 0 radical (unpaired) electrons. The lowest BCUT2D eigenvalue weighted by molar-refractivity contribution is -0.121. The number of nitrogens with two attached hydrogens (primary N) is 1. The molecule has 3 N–H and O–H groups in total. The molecule has 0 spiro atoms. The number of carbonyl (C=O) groups excluding carboxylic acids is 1.